The number of rotatable bonds is 8. The van der Waals surface area contributed by atoms with Gasteiger partial charge in [0.25, 0.3) is 11.8 Å². The minimum atomic E-state index is -0.612. The first-order chi connectivity index (χ1) is 10.8. The number of hydrogen-bond donors (Lipinski definition) is 2. The average molecular weight is 322 g/mol. The number of ether oxygens (including phenoxy) is 2. The van der Waals surface area contributed by atoms with Crippen molar-refractivity contribution in [1.29, 1.82) is 0 Å². The number of carbonyl (C=O) groups is 3. The third kappa shape index (κ3) is 6.82. The molecule has 0 aliphatic heterocycles. The van der Waals surface area contributed by atoms with Crippen LogP contribution in [0.1, 0.15) is 31.1 Å². The highest BCUT2D eigenvalue weighted by molar-refractivity contribution is 5.91. The second-order valence-electron chi connectivity index (χ2n) is 5.46. The summed E-state index contributed by atoms with van der Waals surface area (Å²) in [5.41, 5.74) is 5.24. The molecule has 2 amide bonds. The maximum absolute atomic E-state index is 11.8. The van der Waals surface area contributed by atoms with Crippen molar-refractivity contribution in [3.05, 3.63) is 29.8 Å². The lowest BCUT2D eigenvalue weighted by atomic mass is 10.1. The van der Waals surface area contributed by atoms with E-state index in [9.17, 15) is 14.4 Å². The number of esters is 1. The molecular weight excluding hydrogens is 300 g/mol. The molecule has 3 N–H and O–H groups in total. The second-order valence-corrected chi connectivity index (χ2v) is 5.46. The molecule has 0 saturated heterocycles. The van der Waals surface area contributed by atoms with Crippen LogP contribution in [0.4, 0.5) is 0 Å². The van der Waals surface area contributed by atoms with E-state index in [-0.39, 0.29) is 30.7 Å². The molecule has 0 aliphatic carbocycles. The van der Waals surface area contributed by atoms with E-state index >= 15 is 0 Å². The van der Waals surface area contributed by atoms with Crippen molar-refractivity contribution in [3.8, 4) is 5.75 Å². The van der Waals surface area contributed by atoms with E-state index < -0.39 is 11.9 Å². The van der Waals surface area contributed by atoms with Gasteiger partial charge < -0.3 is 20.5 Å². The number of nitrogens with one attached hydrogen (secondary N) is 1. The van der Waals surface area contributed by atoms with E-state index in [1.165, 1.54) is 24.3 Å². The Hall–Kier alpha value is -2.57. The minimum absolute atomic E-state index is 0.00268. The summed E-state index contributed by atoms with van der Waals surface area (Å²) in [5.74, 6) is -0.846. The Labute approximate surface area is 135 Å². The van der Waals surface area contributed by atoms with Crippen molar-refractivity contribution in [2.45, 2.75) is 26.8 Å². The molecular formula is C16H22N2O5. The van der Waals surface area contributed by atoms with Gasteiger partial charge in [-0.15, -0.1) is 0 Å². The fraction of sp³-hybridized carbons (Fsp3) is 0.438. The Morgan fingerprint density at radius 3 is 2.22 bits per heavy atom. The molecule has 0 saturated carbocycles. The molecule has 0 unspecified atom stereocenters. The monoisotopic (exact) mass is 322 g/mol. The van der Waals surface area contributed by atoms with E-state index in [4.69, 9.17) is 15.2 Å². The van der Waals surface area contributed by atoms with Crippen molar-refractivity contribution < 1.29 is 23.9 Å². The van der Waals surface area contributed by atoms with Crippen LogP contribution in [-0.4, -0.2) is 37.0 Å². The molecule has 0 aliphatic rings. The lowest BCUT2D eigenvalue weighted by Gasteiger charge is -2.17. The molecule has 0 aromatic heterocycles. The fourth-order valence-corrected chi connectivity index (χ4v) is 1.52. The molecule has 0 heterocycles. The summed E-state index contributed by atoms with van der Waals surface area (Å²) < 4.78 is 10.0. The van der Waals surface area contributed by atoms with Crippen molar-refractivity contribution in [2.24, 2.45) is 11.7 Å². The predicted molar refractivity (Wildman–Crippen MR) is 83.9 cm³/mol. The van der Waals surface area contributed by atoms with Crippen LogP contribution in [0.25, 0.3) is 0 Å². The summed E-state index contributed by atoms with van der Waals surface area (Å²) in [7, 11) is 0. The van der Waals surface area contributed by atoms with E-state index in [0.29, 0.717) is 11.7 Å². The molecule has 1 rings (SSSR count). The Morgan fingerprint density at radius 1 is 1.09 bits per heavy atom. The first kappa shape index (κ1) is 18.5. The van der Waals surface area contributed by atoms with E-state index in [1.54, 1.807) is 0 Å². The van der Waals surface area contributed by atoms with Crippen LogP contribution < -0.4 is 15.8 Å². The highest BCUT2D eigenvalue weighted by Crippen LogP contribution is 2.12. The molecule has 1 aromatic rings. The summed E-state index contributed by atoms with van der Waals surface area (Å²) in [4.78, 5) is 34.1. The lowest BCUT2D eigenvalue weighted by molar-refractivity contribution is -0.125. The predicted octanol–water partition coefficient (Wildman–Crippen LogP) is 0.868. The number of primary amides is 1. The van der Waals surface area contributed by atoms with Gasteiger partial charge in [-0.25, -0.2) is 4.79 Å². The normalized spacial score (nSPS) is 11.7. The summed E-state index contributed by atoms with van der Waals surface area (Å²) in [6.45, 7) is 5.28. The number of hydrogen-bond acceptors (Lipinski definition) is 5. The largest absolute Gasteiger partial charge is 0.484 e. The zero-order valence-corrected chi connectivity index (χ0v) is 13.5. The van der Waals surface area contributed by atoms with Crippen LogP contribution >= 0.6 is 0 Å². The second kappa shape index (κ2) is 8.77. The van der Waals surface area contributed by atoms with Gasteiger partial charge in [-0.1, -0.05) is 13.8 Å². The lowest BCUT2D eigenvalue weighted by Crippen LogP contribution is -2.38. The highest BCUT2D eigenvalue weighted by Gasteiger charge is 2.14. The van der Waals surface area contributed by atoms with Gasteiger partial charge in [-0.3, -0.25) is 9.59 Å². The van der Waals surface area contributed by atoms with Crippen LogP contribution in [0, 0.1) is 5.92 Å². The van der Waals surface area contributed by atoms with E-state index in [2.05, 4.69) is 5.32 Å². The summed E-state index contributed by atoms with van der Waals surface area (Å²) in [6.07, 6.45) is 0. The number of carbonyl (C=O) groups excluding carboxylic acids is 3. The number of amides is 2. The van der Waals surface area contributed by atoms with Crippen molar-refractivity contribution in [1.82, 2.24) is 5.32 Å². The van der Waals surface area contributed by atoms with Gasteiger partial charge in [0.2, 0.25) is 0 Å². The topological polar surface area (TPSA) is 108 Å². The molecule has 23 heavy (non-hydrogen) atoms. The number of benzene rings is 1. The molecule has 7 heteroatoms. The van der Waals surface area contributed by atoms with Gasteiger partial charge in [-0.2, -0.15) is 0 Å². The third-order valence-corrected chi connectivity index (χ3v) is 3.19. The summed E-state index contributed by atoms with van der Waals surface area (Å²) in [6, 6.07) is 5.99. The molecule has 0 fully saturated rings. The minimum Gasteiger partial charge on any atom is -0.484 e. The molecule has 1 atom stereocenters. The molecule has 0 radical (unpaired) electrons. The molecule has 1 aromatic carbocycles. The van der Waals surface area contributed by atoms with Crippen LogP contribution in [0.2, 0.25) is 0 Å². The first-order valence-corrected chi connectivity index (χ1v) is 7.27. The molecule has 7 nitrogen and oxygen atoms in total. The maximum atomic E-state index is 11.8. The average Bonchev–Trinajstić information content (AvgIpc) is 2.50. The quantitative estimate of drug-likeness (QED) is 0.690. The van der Waals surface area contributed by atoms with Gasteiger partial charge in [0.1, 0.15) is 5.75 Å². The SMILES string of the molecule is CC(C)[C@H](C)NC(=O)COC(=O)c1ccc(OCC(N)=O)cc1. The number of nitrogens with two attached hydrogens (primary N) is 1. The Kier molecular flexibility index (Phi) is 7.05. The zero-order chi connectivity index (χ0) is 17.4. The molecule has 0 spiro atoms. The van der Waals surface area contributed by atoms with E-state index in [1.807, 2.05) is 20.8 Å². The highest BCUT2D eigenvalue weighted by atomic mass is 16.5. The van der Waals surface area contributed by atoms with Crippen molar-refractivity contribution in [3.63, 3.8) is 0 Å². The van der Waals surface area contributed by atoms with Crippen molar-refractivity contribution in [2.75, 3.05) is 13.2 Å². The van der Waals surface area contributed by atoms with Gasteiger partial charge in [-0.05, 0) is 37.1 Å². The van der Waals surface area contributed by atoms with Gasteiger partial charge in [0.05, 0.1) is 5.56 Å². The molecule has 0 bridgehead atoms. The van der Waals surface area contributed by atoms with Crippen LogP contribution in [-0.2, 0) is 14.3 Å². The Balaban J connectivity index is 2.45. The maximum Gasteiger partial charge on any atom is 0.338 e. The van der Waals surface area contributed by atoms with Gasteiger partial charge >= 0.3 is 5.97 Å². The smallest absolute Gasteiger partial charge is 0.338 e. The third-order valence-electron chi connectivity index (χ3n) is 3.19. The van der Waals surface area contributed by atoms with Crippen LogP contribution in [0.5, 0.6) is 5.75 Å². The first-order valence-electron chi connectivity index (χ1n) is 7.27. The molecule has 126 valence electrons. The van der Waals surface area contributed by atoms with Gasteiger partial charge in [0.15, 0.2) is 13.2 Å². The van der Waals surface area contributed by atoms with E-state index in [0.717, 1.165) is 0 Å². The standard InChI is InChI=1S/C16H22N2O5/c1-10(2)11(3)18-15(20)9-23-16(21)12-4-6-13(7-5-12)22-8-14(17)19/h4-7,10-11H,8-9H2,1-3H3,(H2,17,19)(H,18,20)/t11-/m0/s1. The van der Waals surface area contributed by atoms with Crippen molar-refractivity contribution >= 4 is 17.8 Å². The Bertz CT molecular complexity index is 554. The van der Waals surface area contributed by atoms with Crippen LogP contribution in [0.3, 0.4) is 0 Å². The zero-order valence-electron chi connectivity index (χ0n) is 13.5. The summed E-state index contributed by atoms with van der Waals surface area (Å²) in [5, 5.41) is 2.74. The van der Waals surface area contributed by atoms with Crippen LogP contribution in [0.15, 0.2) is 24.3 Å². The fourth-order valence-electron chi connectivity index (χ4n) is 1.52. The Morgan fingerprint density at radius 2 is 1.70 bits per heavy atom. The van der Waals surface area contributed by atoms with Gasteiger partial charge in [0, 0.05) is 6.04 Å². The summed E-state index contributed by atoms with van der Waals surface area (Å²) >= 11 is 0.